The molecule has 156 valence electrons. The number of rotatable bonds is 7. The highest BCUT2D eigenvalue weighted by atomic mass is 35.5. The molecule has 28 heavy (non-hydrogen) atoms. The molecule has 1 aliphatic heterocycles. The molecule has 5 nitrogen and oxygen atoms in total. The zero-order chi connectivity index (χ0) is 20.0. The van der Waals surface area contributed by atoms with Gasteiger partial charge in [-0.15, -0.1) is 0 Å². The Hall–Kier alpha value is -1.21. The van der Waals surface area contributed by atoms with E-state index >= 15 is 0 Å². The fourth-order valence-electron chi connectivity index (χ4n) is 4.43. The van der Waals surface area contributed by atoms with Crippen molar-refractivity contribution >= 4 is 17.5 Å². The summed E-state index contributed by atoms with van der Waals surface area (Å²) in [5, 5.41) is 3.54. The molecule has 2 aliphatic rings. The summed E-state index contributed by atoms with van der Waals surface area (Å²) in [7, 11) is 1.81. The van der Waals surface area contributed by atoms with Crippen LogP contribution < -0.4 is 5.32 Å². The number of carbonyl (C=O) groups is 1. The number of morpholine rings is 1. The maximum atomic E-state index is 14.0. The van der Waals surface area contributed by atoms with Gasteiger partial charge in [0, 0.05) is 42.3 Å². The highest BCUT2D eigenvalue weighted by Gasteiger charge is 2.38. The third-order valence-corrected chi connectivity index (χ3v) is 6.34. The van der Waals surface area contributed by atoms with Crippen LogP contribution in [0.3, 0.4) is 0 Å². The standard InChI is InChI=1S/C21H31ClFN3O2/c1-25(14-17-18(22)6-5-7-19(17)23)15-20(27)24-16-21(8-3-2-4-9-21)26-10-12-28-13-11-26/h5-7H,2-4,8-16H2,1H3,(H,24,27). The number of halogens is 2. The summed E-state index contributed by atoms with van der Waals surface area (Å²) in [4.78, 5) is 16.9. The van der Waals surface area contributed by atoms with Crippen LogP contribution in [0.1, 0.15) is 37.7 Å². The normalized spacial score (nSPS) is 20.3. The van der Waals surface area contributed by atoms with Gasteiger partial charge in [0.05, 0.1) is 19.8 Å². The van der Waals surface area contributed by atoms with E-state index in [1.54, 1.807) is 24.1 Å². The van der Waals surface area contributed by atoms with Gasteiger partial charge in [0.1, 0.15) is 5.82 Å². The van der Waals surface area contributed by atoms with Gasteiger partial charge in [0.25, 0.3) is 0 Å². The first-order chi connectivity index (χ1) is 13.5. The average Bonchev–Trinajstić information content (AvgIpc) is 2.71. The number of amides is 1. The predicted octanol–water partition coefficient (Wildman–Crippen LogP) is 3.06. The summed E-state index contributed by atoms with van der Waals surface area (Å²) < 4.78 is 19.5. The molecule has 0 atom stereocenters. The number of carbonyl (C=O) groups excluding carboxylic acids is 1. The first-order valence-electron chi connectivity index (χ1n) is 10.2. The minimum absolute atomic E-state index is 0.0341. The molecule has 0 spiro atoms. The zero-order valence-electron chi connectivity index (χ0n) is 16.7. The number of nitrogens with zero attached hydrogens (tertiary/aromatic N) is 2. The predicted molar refractivity (Wildman–Crippen MR) is 109 cm³/mol. The molecule has 0 bridgehead atoms. The highest BCUT2D eigenvalue weighted by molar-refractivity contribution is 6.31. The molecule has 1 saturated carbocycles. The van der Waals surface area contributed by atoms with Crippen LogP contribution in [-0.2, 0) is 16.1 Å². The van der Waals surface area contributed by atoms with E-state index in [2.05, 4.69) is 10.2 Å². The van der Waals surface area contributed by atoms with Crippen molar-refractivity contribution in [2.24, 2.45) is 0 Å². The maximum absolute atomic E-state index is 14.0. The molecule has 1 aliphatic carbocycles. The van der Waals surface area contributed by atoms with Crippen molar-refractivity contribution in [3.63, 3.8) is 0 Å². The monoisotopic (exact) mass is 411 g/mol. The van der Waals surface area contributed by atoms with Crippen LogP contribution in [-0.4, -0.2) is 67.7 Å². The SMILES string of the molecule is CN(CC(=O)NCC1(N2CCOCC2)CCCCC1)Cc1c(F)cccc1Cl. The summed E-state index contributed by atoms with van der Waals surface area (Å²) in [6, 6.07) is 4.65. The molecule has 1 heterocycles. The van der Waals surface area contributed by atoms with Gasteiger partial charge in [-0.3, -0.25) is 14.6 Å². The van der Waals surface area contributed by atoms with Gasteiger partial charge in [-0.2, -0.15) is 0 Å². The van der Waals surface area contributed by atoms with Crippen LogP contribution in [0.4, 0.5) is 4.39 Å². The lowest BCUT2D eigenvalue weighted by Crippen LogP contribution is -2.60. The third-order valence-electron chi connectivity index (χ3n) is 5.98. The molecule has 1 aromatic rings. The average molecular weight is 412 g/mol. The van der Waals surface area contributed by atoms with Crippen molar-refractivity contribution in [3.05, 3.63) is 34.6 Å². The van der Waals surface area contributed by atoms with Gasteiger partial charge < -0.3 is 10.1 Å². The molecule has 1 aromatic carbocycles. The molecular weight excluding hydrogens is 381 g/mol. The molecule has 3 rings (SSSR count). The van der Waals surface area contributed by atoms with E-state index < -0.39 is 0 Å². The quantitative estimate of drug-likeness (QED) is 0.749. The van der Waals surface area contributed by atoms with E-state index in [1.165, 1.54) is 25.3 Å². The summed E-state index contributed by atoms with van der Waals surface area (Å²) in [6.07, 6.45) is 5.92. The van der Waals surface area contributed by atoms with Crippen LogP contribution in [0.25, 0.3) is 0 Å². The Bertz CT molecular complexity index is 641. The Kier molecular flexibility index (Phi) is 7.69. The minimum atomic E-state index is -0.340. The molecule has 0 radical (unpaired) electrons. The van der Waals surface area contributed by atoms with Gasteiger partial charge in [0.2, 0.25) is 5.91 Å². The first kappa shape index (κ1) is 21.5. The highest BCUT2D eigenvalue weighted by Crippen LogP contribution is 2.33. The van der Waals surface area contributed by atoms with Crippen LogP contribution in [0.5, 0.6) is 0 Å². The third kappa shape index (κ3) is 5.44. The van der Waals surface area contributed by atoms with Crippen molar-refractivity contribution in [2.75, 3.05) is 46.4 Å². The Morgan fingerprint density at radius 2 is 2.00 bits per heavy atom. The minimum Gasteiger partial charge on any atom is -0.379 e. The number of hydrogen-bond acceptors (Lipinski definition) is 4. The summed E-state index contributed by atoms with van der Waals surface area (Å²) in [5.41, 5.74) is 0.474. The van der Waals surface area contributed by atoms with Gasteiger partial charge >= 0.3 is 0 Å². The van der Waals surface area contributed by atoms with Crippen molar-refractivity contribution in [3.8, 4) is 0 Å². The largest absolute Gasteiger partial charge is 0.379 e. The van der Waals surface area contributed by atoms with E-state index in [1.807, 2.05) is 0 Å². The molecular formula is C21H31ClFN3O2. The Morgan fingerprint density at radius 3 is 2.68 bits per heavy atom. The van der Waals surface area contributed by atoms with E-state index in [-0.39, 0.29) is 23.8 Å². The molecule has 7 heteroatoms. The lowest BCUT2D eigenvalue weighted by Gasteiger charge is -2.48. The van der Waals surface area contributed by atoms with E-state index in [0.29, 0.717) is 23.7 Å². The van der Waals surface area contributed by atoms with E-state index in [9.17, 15) is 9.18 Å². The molecule has 1 saturated heterocycles. The Morgan fingerprint density at radius 1 is 1.29 bits per heavy atom. The summed E-state index contributed by atoms with van der Waals surface area (Å²) in [6.45, 7) is 4.57. The number of likely N-dealkylation sites (N-methyl/N-ethyl adjacent to an activating group) is 1. The fourth-order valence-corrected chi connectivity index (χ4v) is 4.65. The molecule has 1 N–H and O–H groups in total. The lowest BCUT2D eigenvalue weighted by atomic mass is 9.79. The van der Waals surface area contributed by atoms with Gasteiger partial charge in [0.15, 0.2) is 0 Å². The summed E-state index contributed by atoms with van der Waals surface area (Å²) >= 11 is 6.09. The van der Waals surface area contributed by atoms with Crippen LogP contribution in [0, 0.1) is 5.82 Å². The van der Waals surface area contributed by atoms with Gasteiger partial charge in [-0.05, 0) is 32.0 Å². The van der Waals surface area contributed by atoms with Gasteiger partial charge in [-0.25, -0.2) is 4.39 Å². The lowest BCUT2D eigenvalue weighted by molar-refractivity contribution is -0.123. The van der Waals surface area contributed by atoms with Crippen molar-refractivity contribution in [1.29, 1.82) is 0 Å². The number of ether oxygens (including phenoxy) is 1. The molecule has 1 amide bonds. The maximum Gasteiger partial charge on any atom is 0.234 e. The van der Waals surface area contributed by atoms with Crippen molar-refractivity contribution < 1.29 is 13.9 Å². The topological polar surface area (TPSA) is 44.8 Å². The van der Waals surface area contributed by atoms with Gasteiger partial charge in [-0.1, -0.05) is 36.9 Å². The second-order valence-corrected chi connectivity index (χ2v) is 8.44. The van der Waals surface area contributed by atoms with Crippen LogP contribution >= 0.6 is 11.6 Å². The number of benzene rings is 1. The Balaban J connectivity index is 1.54. The smallest absolute Gasteiger partial charge is 0.234 e. The second kappa shape index (κ2) is 10.0. The van der Waals surface area contributed by atoms with Crippen molar-refractivity contribution in [1.82, 2.24) is 15.1 Å². The summed E-state index contributed by atoms with van der Waals surface area (Å²) in [5.74, 6) is -0.374. The van der Waals surface area contributed by atoms with E-state index in [4.69, 9.17) is 16.3 Å². The second-order valence-electron chi connectivity index (χ2n) is 8.03. The fraction of sp³-hybridized carbons (Fsp3) is 0.667. The molecule has 2 fully saturated rings. The van der Waals surface area contributed by atoms with Crippen LogP contribution in [0.15, 0.2) is 18.2 Å². The number of hydrogen-bond donors (Lipinski definition) is 1. The zero-order valence-corrected chi connectivity index (χ0v) is 17.4. The molecule has 0 aromatic heterocycles. The van der Waals surface area contributed by atoms with E-state index in [0.717, 1.165) is 39.1 Å². The Labute approximate surface area is 172 Å². The van der Waals surface area contributed by atoms with Crippen LogP contribution in [0.2, 0.25) is 5.02 Å². The molecule has 0 unspecified atom stereocenters. The number of nitrogens with one attached hydrogen (secondary N) is 1. The van der Waals surface area contributed by atoms with Crippen molar-refractivity contribution in [2.45, 2.75) is 44.2 Å². The first-order valence-corrected chi connectivity index (χ1v) is 10.6.